The Hall–Kier alpha value is -1.98. The van der Waals surface area contributed by atoms with Crippen LogP contribution in [0.4, 0.5) is 5.69 Å². The van der Waals surface area contributed by atoms with Crippen LogP contribution in [-0.4, -0.2) is 20.1 Å². The zero-order chi connectivity index (χ0) is 16.8. The number of hydrogen-bond acceptors (Lipinski definition) is 3. The highest BCUT2D eigenvalue weighted by Crippen LogP contribution is 2.31. The van der Waals surface area contributed by atoms with Crippen LogP contribution < -0.4 is 14.8 Å². The molecule has 0 spiro atoms. The van der Waals surface area contributed by atoms with Crippen LogP contribution in [-0.2, 0) is 4.79 Å². The van der Waals surface area contributed by atoms with Gasteiger partial charge in [-0.25, -0.2) is 0 Å². The summed E-state index contributed by atoms with van der Waals surface area (Å²) in [6, 6.07) is 10.7. The van der Waals surface area contributed by atoms with E-state index in [0.29, 0.717) is 22.2 Å². The standard InChI is InChI=1S/C17H15BrClNO3/c1-22-15-5-3-4-11(17(15)23-2)6-9-16(21)20-14-8-7-12(18)10-13(14)19/h3-10H,1-2H3,(H,20,21). The third kappa shape index (κ3) is 4.50. The Morgan fingerprint density at radius 2 is 2.00 bits per heavy atom. The van der Waals surface area contributed by atoms with Crippen LogP contribution in [0.1, 0.15) is 5.56 Å². The largest absolute Gasteiger partial charge is 0.493 e. The SMILES string of the molecule is COc1cccc(C=CC(=O)Nc2ccc(Br)cc2Cl)c1OC. The molecular weight excluding hydrogens is 382 g/mol. The number of anilines is 1. The van der Waals surface area contributed by atoms with Crippen molar-refractivity contribution in [3.05, 3.63) is 57.5 Å². The molecule has 0 saturated heterocycles. The number of carbonyl (C=O) groups is 1. The van der Waals surface area contributed by atoms with Crippen molar-refractivity contribution >= 4 is 45.2 Å². The molecule has 4 nitrogen and oxygen atoms in total. The number of rotatable bonds is 5. The number of carbonyl (C=O) groups excluding carboxylic acids is 1. The smallest absolute Gasteiger partial charge is 0.248 e. The lowest BCUT2D eigenvalue weighted by atomic mass is 10.1. The number of amides is 1. The van der Waals surface area contributed by atoms with Gasteiger partial charge in [0, 0.05) is 16.1 Å². The summed E-state index contributed by atoms with van der Waals surface area (Å²) in [7, 11) is 3.12. The molecule has 0 radical (unpaired) electrons. The van der Waals surface area contributed by atoms with E-state index in [1.165, 1.54) is 6.08 Å². The third-order valence-electron chi connectivity index (χ3n) is 3.04. The van der Waals surface area contributed by atoms with Gasteiger partial charge < -0.3 is 14.8 Å². The van der Waals surface area contributed by atoms with E-state index in [-0.39, 0.29) is 5.91 Å². The molecule has 0 saturated carbocycles. The van der Waals surface area contributed by atoms with Gasteiger partial charge in [0.05, 0.1) is 24.9 Å². The molecule has 0 bridgehead atoms. The van der Waals surface area contributed by atoms with Gasteiger partial charge in [0.25, 0.3) is 0 Å². The minimum atomic E-state index is -0.293. The fraction of sp³-hybridized carbons (Fsp3) is 0.118. The highest BCUT2D eigenvalue weighted by Gasteiger charge is 2.08. The number of halogens is 2. The van der Waals surface area contributed by atoms with E-state index in [4.69, 9.17) is 21.1 Å². The van der Waals surface area contributed by atoms with Crippen LogP contribution in [0.15, 0.2) is 46.9 Å². The molecule has 0 fully saturated rings. The van der Waals surface area contributed by atoms with Crippen molar-refractivity contribution in [1.82, 2.24) is 0 Å². The van der Waals surface area contributed by atoms with Crippen LogP contribution in [0.2, 0.25) is 5.02 Å². The summed E-state index contributed by atoms with van der Waals surface area (Å²) in [6.45, 7) is 0. The fourth-order valence-electron chi connectivity index (χ4n) is 1.97. The van der Waals surface area contributed by atoms with Crippen LogP contribution in [0.3, 0.4) is 0 Å². The number of hydrogen-bond donors (Lipinski definition) is 1. The van der Waals surface area contributed by atoms with E-state index in [1.54, 1.807) is 44.6 Å². The lowest BCUT2D eigenvalue weighted by Gasteiger charge is -2.10. The van der Waals surface area contributed by atoms with Gasteiger partial charge in [-0.15, -0.1) is 0 Å². The van der Waals surface area contributed by atoms with Crippen molar-refractivity contribution in [2.24, 2.45) is 0 Å². The number of nitrogens with one attached hydrogen (secondary N) is 1. The highest BCUT2D eigenvalue weighted by molar-refractivity contribution is 9.10. The first-order chi connectivity index (χ1) is 11.0. The predicted octanol–water partition coefficient (Wildman–Crippen LogP) is 4.77. The van der Waals surface area contributed by atoms with Crippen LogP contribution in [0, 0.1) is 0 Å². The Bertz CT molecular complexity index is 747. The second-order valence-corrected chi connectivity index (χ2v) is 5.85. The molecule has 0 aliphatic carbocycles. The summed E-state index contributed by atoms with van der Waals surface area (Å²) < 4.78 is 11.4. The van der Waals surface area contributed by atoms with Gasteiger partial charge in [-0.05, 0) is 30.3 Å². The summed E-state index contributed by atoms with van der Waals surface area (Å²) in [5, 5.41) is 3.18. The molecule has 1 N–H and O–H groups in total. The second kappa shape index (κ2) is 8.04. The second-order valence-electron chi connectivity index (χ2n) is 4.53. The Kier molecular flexibility index (Phi) is 6.07. The van der Waals surface area contributed by atoms with Gasteiger partial charge >= 0.3 is 0 Å². The van der Waals surface area contributed by atoms with E-state index < -0.39 is 0 Å². The van der Waals surface area contributed by atoms with Gasteiger partial charge in [-0.2, -0.15) is 0 Å². The van der Waals surface area contributed by atoms with Crippen LogP contribution in [0.25, 0.3) is 6.08 Å². The maximum Gasteiger partial charge on any atom is 0.248 e. The maximum absolute atomic E-state index is 12.0. The zero-order valence-electron chi connectivity index (χ0n) is 12.6. The van der Waals surface area contributed by atoms with Gasteiger partial charge in [0.1, 0.15) is 0 Å². The first kappa shape index (κ1) is 17.4. The Labute approximate surface area is 148 Å². The predicted molar refractivity (Wildman–Crippen MR) is 96.4 cm³/mol. The average molecular weight is 397 g/mol. The Balaban J connectivity index is 2.15. The monoisotopic (exact) mass is 395 g/mol. The summed E-state index contributed by atoms with van der Waals surface area (Å²) in [5.74, 6) is 0.880. The van der Waals surface area contributed by atoms with Crippen molar-refractivity contribution in [1.29, 1.82) is 0 Å². The summed E-state index contributed by atoms with van der Waals surface area (Å²) in [6.07, 6.45) is 3.07. The quantitative estimate of drug-likeness (QED) is 0.741. The topological polar surface area (TPSA) is 47.6 Å². The average Bonchev–Trinajstić information content (AvgIpc) is 2.55. The lowest BCUT2D eigenvalue weighted by molar-refractivity contribution is -0.111. The summed E-state index contributed by atoms with van der Waals surface area (Å²) >= 11 is 9.39. The lowest BCUT2D eigenvalue weighted by Crippen LogP contribution is -2.08. The van der Waals surface area contributed by atoms with E-state index in [9.17, 15) is 4.79 Å². The normalized spacial score (nSPS) is 10.6. The highest BCUT2D eigenvalue weighted by atomic mass is 79.9. The maximum atomic E-state index is 12.0. The Morgan fingerprint density at radius 3 is 2.65 bits per heavy atom. The van der Waals surface area contributed by atoms with E-state index in [2.05, 4.69) is 21.2 Å². The molecule has 120 valence electrons. The van der Waals surface area contributed by atoms with Gasteiger partial charge in [-0.3, -0.25) is 4.79 Å². The molecular formula is C17H15BrClNO3. The van der Waals surface area contributed by atoms with Crippen molar-refractivity contribution in [2.75, 3.05) is 19.5 Å². The molecule has 2 rings (SSSR count). The minimum absolute atomic E-state index is 0.293. The Morgan fingerprint density at radius 1 is 1.22 bits per heavy atom. The molecule has 1 amide bonds. The third-order valence-corrected chi connectivity index (χ3v) is 3.84. The van der Waals surface area contributed by atoms with E-state index in [1.807, 2.05) is 12.1 Å². The van der Waals surface area contributed by atoms with E-state index in [0.717, 1.165) is 10.0 Å². The number of para-hydroxylation sites is 1. The van der Waals surface area contributed by atoms with Gasteiger partial charge in [-0.1, -0.05) is 39.7 Å². The molecule has 2 aromatic carbocycles. The first-order valence-electron chi connectivity index (χ1n) is 6.70. The molecule has 2 aromatic rings. The molecule has 0 aliphatic rings. The summed E-state index contributed by atoms with van der Waals surface area (Å²) in [5.41, 5.74) is 1.28. The summed E-state index contributed by atoms with van der Waals surface area (Å²) in [4.78, 5) is 12.0. The van der Waals surface area contributed by atoms with Crippen molar-refractivity contribution in [2.45, 2.75) is 0 Å². The van der Waals surface area contributed by atoms with Crippen LogP contribution in [0.5, 0.6) is 11.5 Å². The molecule has 0 heterocycles. The minimum Gasteiger partial charge on any atom is -0.493 e. The van der Waals surface area contributed by atoms with Crippen molar-refractivity contribution in [3.8, 4) is 11.5 Å². The fourth-order valence-corrected chi connectivity index (χ4v) is 2.69. The van der Waals surface area contributed by atoms with Crippen molar-refractivity contribution in [3.63, 3.8) is 0 Å². The number of methoxy groups -OCH3 is 2. The van der Waals surface area contributed by atoms with Gasteiger partial charge in [0.15, 0.2) is 11.5 Å². The number of benzene rings is 2. The number of ether oxygens (including phenoxy) is 2. The van der Waals surface area contributed by atoms with Gasteiger partial charge in [0.2, 0.25) is 5.91 Å². The first-order valence-corrected chi connectivity index (χ1v) is 7.87. The molecule has 0 unspecified atom stereocenters. The van der Waals surface area contributed by atoms with Crippen LogP contribution >= 0.6 is 27.5 Å². The molecule has 0 aromatic heterocycles. The van der Waals surface area contributed by atoms with E-state index >= 15 is 0 Å². The zero-order valence-corrected chi connectivity index (χ0v) is 14.9. The molecule has 6 heteroatoms. The molecule has 0 atom stereocenters. The molecule has 0 aliphatic heterocycles. The van der Waals surface area contributed by atoms with Crippen molar-refractivity contribution < 1.29 is 14.3 Å². The molecule has 23 heavy (non-hydrogen) atoms.